The molecule has 0 aromatic heterocycles. The molecule has 0 saturated heterocycles. The highest BCUT2D eigenvalue weighted by Gasteiger charge is 2.33. The van der Waals surface area contributed by atoms with Crippen LogP contribution in [0.2, 0.25) is 0 Å². The highest BCUT2D eigenvalue weighted by molar-refractivity contribution is 7.54. The number of hydrogen-bond acceptors (Lipinski definition) is 7. The largest absolute Gasteiger partial charge is 0.344 e. The highest BCUT2D eigenvalue weighted by Crippen LogP contribution is 2.53. The van der Waals surface area contributed by atoms with Crippen LogP contribution in [0, 0.1) is 107 Å². The molecule has 0 aliphatic heterocycles. The fourth-order valence-electron chi connectivity index (χ4n) is 3.07. The topological polar surface area (TPSA) is 74.3 Å². The van der Waals surface area contributed by atoms with Crippen molar-refractivity contribution in [1.29, 1.82) is 0 Å². The summed E-state index contributed by atoms with van der Waals surface area (Å²) >= 11 is 0. The van der Waals surface area contributed by atoms with E-state index in [9.17, 15) is 9.13 Å². The lowest BCUT2D eigenvalue weighted by Gasteiger charge is -2.30. The fraction of sp³-hybridized carbons (Fsp3) is 0.455. The third-order valence-electron chi connectivity index (χ3n) is 4.55. The third kappa shape index (κ3) is 21.6. The van der Waals surface area contributed by atoms with Crippen molar-refractivity contribution < 1.29 is 31.7 Å². The van der Waals surface area contributed by atoms with Crippen LogP contribution in [0.4, 0.5) is 0 Å². The van der Waals surface area contributed by atoms with Gasteiger partial charge >= 0.3 is 15.2 Å². The molecule has 0 fully saturated rings. The van der Waals surface area contributed by atoms with Gasteiger partial charge in [0.25, 0.3) is 0 Å². The standard InChI is InChI=1S/C33H37N2O6P2/c1-8-13-14-15-16-17-18-19-20-21-22-23-24-25-26-27-30-35(6,7)31-28-29-34(32-42(36,38-9-2)39-10-3)33-43(37,40-11-4)41-12-5/h1H,9-12,28-29,31-33H2,2-7H3/q+1. The molecule has 0 N–H and O–H groups in total. The first-order valence-corrected chi connectivity index (χ1v) is 16.8. The third-order valence-corrected chi connectivity index (χ3v) is 8.65. The van der Waals surface area contributed by atoms with Crippen LogP contribution in [0.1, 0.15) is 34.1 Å². The van der Waals surface area contributed by atoms with Crippen LogP contribution in [0.3, 0.4) is 0 Å². The summed E-state index contributed by atoms with van der Waals surface area (Å²) in [5.74, 6) is 40.2. The van der Waals surface area contributed by atoms with Crippen molar-refractivity contribution in [3.63, 3.8) is 0 Å². The van der Waals surface area contributed by atoms with Crippen LogP contribution in [-0.2, 0) is 27.2 Å². The van der Waals surface area contributed by atoms with Gasteiger partial charge in [-0.3, -0.25) is 18.5 Å². The lowest BCUT2D eigenvalue weighted by molar-refractivity contribution is -0.822. The van der Waals surface area contributed by atoms with Gasteiger partial charge in [0.2, 0.25) is 0 Å². The van der Waals surface area contributed by atoms with Crippen LogP contribution in [-0.4, -0.2) is 75.6 Å². The van der Waals surface area contributed by atoms with E-state index in [0.29, 0.717) is 24.0 Å². The molecule has 0 rings (SSSR count). The van der Waals surface area contributed by atoms with Gasteiger partial charge in [0.1, 0.15) is 12.6 Å². The summed E-state index contributed by atoms with van der Waals surface area (Å²) in [7, 11) is -3.00. The summed E-state index contributed by atoms with van der Waals surface area (Å²) < 4.78 is 48.6. The average Bonchev–Trinajstić information content (AvgIpc) is 2.93. The Bertz CT molecular complexity index is 1510. The Morgan fingerprint density at radius 2 is 0.907 bits per heavy atom. The van der Waals surface area contributed by atoms with Crippen molar-refractivity contribution in [2.45, 2.75) is 34.1 Å². The molecular formula is C33H37N2O6P2+. The van der Waals surface area contributed by atoms with Crippen molar-refractivity contribution in [2.75, 3.05) is 66.2 Å². The second-order valence-electron chi connectivity index (χ2n) is 8.46. The van der Waals surface area contributed by atoms with Gasteiger partial charge in [-0.1, -0.05) is 0 Å². The Labute approximate surface area is 259 Å². The summed E-state index contributed by atoms with van der Waals surface area (Å²) in [6.45, 7) is 8.95. The molecule has 0 spiro atoms. The molecule has 8 nitrogen and oxygen atoms in total. The fourth-order valence-corrected chi connectivity index (χ4v) is 6.74. The van der Waals surface area contributed by atoms with E-state index in [1.54, 1.807) is 32.6 Å². The predicted molar refractivity (Wildman–Crippen MR) is 171 cm³/mol. The number of rotatable bonds is 16. The Balaban J connectivity index is 5.27. The first kappa shape index (κ1) is 39.3. The average molecular weight is 620 g/mol. The minimum atomic E-state index is -3.43. The molecule has 0 aromatic rings. The predicted octanol–water partition coefficient (Wildman–Crippen LogP) is 3.82. The smallest absolute Gasteiger partial charge is 0.308 e. The van der Waals surface area contributed by atoms with E-state index in [2.05, 4.69) is 101 Å². The molecule has 0 radical (unpaired) electrons. The molecule has 224 valence electrons. The summed E-state index contributed by atoms with van der Waals surface area (Å²) in [5.41, 5.74) is 0. The van der Waals surface area contributed by atoms with Crippen molar-refractivity contribution in [3.05, 3.63) is 0 Å². The SMILES string of the molecule is C#CC#CC#CC#CC#CC#CC#CC#CC#C[N+](C)(C)CCCN(CP(=O)(OCC)OCC)CP(=O)(OCC)OCC. The first-order valence-electron chi connectivity index (χ1n) is 13.4. The van der Waals surface area contributed by atoms with Crippen LogP contribution >= 0.6 is 15.2 Å². The highest BCUT2D eigenvalue weighted by atomic mass is 31.2. The molecule has 0 amide bonds. The van der Waals surface area contributed by atoms with E-state index in [-0.39, 0.29) is 39.0 Å². The lowest BCUT2D eigenvalue weighted by atomic mass is 10.3. The molecule has 0 saturated carbocycles. The maximum Gasteiger partial charge on any atom is 0.344 e. The molecule has 0 aliphatic carbocycles. The minimum Gasteiger partial charge on any atom is -0.308 e. The second kappa shape index (κ2) is 23.8. The van der Waals surface area contributed by atoms with Crippen molar-refractivity contribution in [3.8, 4) is 107 Å². The molecule has 0 aromatic carbocycles. The van der Waals surface area contributed by atoms with E-state index in [0.717, 1.165) is 0 Å². The molecular weight excluding hydrogens is 582 g/mol. The second-order valence-corrected chi connectivity index (χ2v) is 12.5. The van der Waals surface area contributed by atoms with E-state index in [1.165, 1.54) is 0 Å². The van der Waals surface area contributed by atoms with Crippen LogP contribution < -0.4 is 0 Å². The Kier molecular flexibility index (Phi) is 21.7. The van der Waals surface area contributed by atoms with Gasteiger partial charge < -0.3 is 18.1 Å². The Hall–Kier alpha value is -3.74. The van der Waals surface area contributed by atoms with Crippen LogP contribution in [0.15, 0.2) is 0 Å². The summed E-state index contributed by atoms with van der Waals surface area (Å²) in [6.07, 6.45) is 5.52. The number of quaternary nitrogens is 1. The maximum atomic E-state index is 13.2. The molecule has 10 heteroatoms. The lowest BCUT2D eigenvalue weighted by Crippen LogP contribution is -2.38. The normalized spacial score (nSPS) is 9.72. The first-order chi connectivity index (χ1) is 20.6. The molecule has 0 unspecified atom stereocenters. The van der Waals surface area contributed by atoms with E-state index in [1.807, 2.05) is 14.1 Å². The van der Waals surface area contributed by atoms with Gasteiger partial charge in [0.05, 0.1) is 53.0 Å². The van der Waals surface area contributed by atoms with Gasteiger partial charge in [-0.15, -0.1) is 6.42 Å². The Morgan fingerprint density at radius 1 is 0.581 bits per heavy atom. The molecule has 0 atom stereocenters. The number of terminal acetylenes is 1. The van der Waals surface area contributed by atoms with Gasteiger partial charge in [-0.2, -0.15) is 0 Å². The van der Waals surface area contributed by atoms with E-state index >= 15 is 0 Å². The number of hydrogen-bond donors (Lipinski definition) is 0. The summed E-state index contributed by atoms with van der Waals surface area (Å²) in [6, 6.07) is 3.07. The summed E-state index contributed by atoms with van der Waals surface area (Å²) in [5, 5.41) is 0. The van der Waals surface area contributed by atoms with Crippen molar-refractivity contribution in [1.82, 2.24) is 4.90 Å². The zero-order valence-electron chi connectivity index (χ0n) is 25.7. The van der Waals surface area contributed by atoms with Crippen molar-refractivity contribution >= 4 is 15.2 Å². The van der Waals surface area contributed by atoms with E-state index < -0.39 is 15.2 Å². The zero-order chi connectivity index (χ0) is 32.3. The molecule has 0 heterocycles. The quantitative estimate of drug-likeness (QED) is 0.148. The van der Waals surface area contributed by atoms with Gasteiger partial charge in [0, 0.05) is 54.4 Å². The monoisotopic (exact) mass is 619 g/mol. The Morgan fingerprint density at radius 3 is 1.23 bits per heavy atom. The molecule has 0 bridgehead atoms. The maximum absolute atomic E-state index is 13.2. The number of nitrogens with zero attached hydrogens (tertiary/aromatic N) is 2. The zero-order valence-corrected chi connectivity index (χ0v) is 27.5. The van der Waals surface area contributed by atoms with Gasteiger partial charge in [-0.05, 0) is 75.1 Å². The minimum absolute atomic E-state index is 0.0397. The van der Waals surface area contributed by atoms with Crippen LogP contribution in [0.5, 0.6) is 0 Å². The van der Waals surface area contributed by atoms with E-state index in [4.69, 9.17) is 24.5 Å². The molecule has 0 aliphatic rings. The van der Waals surface area contributed by atoms with Crippen LogP contribution in [0.25, 0.3) is 0 Å². The summed E-state index contributed by atoms with van der Waals surface area (Å²) in [4.78, 5) is 1.76. The van der Waals surface area contributed by atoms with Gasteiger partial charge in [0.15, 0.2) is 6.04 Å². The van der Waals surface area contributed by atoms with Gasteiger partial charge in [-0.25, -0.2) is 0 Å². The van der Waals surface area contributed by atoms with Crippen molar-refractivity contribution in [2.24, 2.45) is 0 Å². The molecule has 43 heavy (non-hydrogen) atoms.